The van der Waals surface area contributed by atoms with E-state index in [-0.39, 0.29) is 17.6 Å². The van der Waals surface area contributed by atoms with Crippen LogP contribution in [0, 0.1) is 5.92 Å². The maximum atomic E-state index is 12.9. The number of hydrogen-bond acceptors (Lipinski definition) is 5. The van der Waals surface area contributed by atoms with Crippen LogP contribution >= 0.6 is 0 Å². The van der Waals surface area contributed by atoms with E-state index in [9.17, 15) is 13.2 Å². The van der Waals surface area contributed by atoms with E-state index in [1.54, 1.807) is 14.0 Å². The number of sulfonamides is 1. The lowest BCUT2D eigenvalue weighted by Crippen LogP contribution is -2.53. The van der Waals surface area contributed by atoms with Crippen LogP contribution in [0.25, 0.3) is 0 Å². The Hall–Kier alpha value is -1.80. The molecule has 0 saturated carbocycles. The van der Waals surface area contributed by atoms with Crippen molar-refractivity contribution >= 4 is 21.6 Å². The summed E-state index contributed by atoms with van der Waals surface area (Å²) in [4.78, 5) is 17.1. The van der Waals surface area contributed by atoms with Gasteiger partial charge >= 0.3 is 0 Å². The van der Waals surface area contributed by atoms with Crippen molar-refractivity contribution in [1.82, 2.24) is 9.21 Å². The van der Waals surface area contributed by atoms with Gasteiger partial charge in [0.25, 0.3) is 0 Å². The van der Waals surface area contributed by atoms with Crippen molar-refractivity contribution in [2.45, 2.75) is 19.8 Å². The average molecular weight is 396 g/mol. The summed E-state index contributed by atoms with van der Waals surface area (Å²) in [6.45, 7) is 5.41. The van der Waals surface area contributed by atoms with Crippen LogP contribution in [0.1, 0.15) is 19.8 Å². The number of hydrogen-bond donors (Lipinski definition) is 0. The molecule has 0 unspecified atom stereocenters. The number of ether oxygens (including phenoxy) is 1. The van der Waals surface area contributed by atoms with Crippen LogP contribution in [-0.4, -0.2) is 75.7 Å². The molecule has 2 fully saturated rings. The third-order valence-electron chi connectivity index (χ3n) is 5.52. The fourth-order valence-electron chi connectivity index (χ4n) is 3.82. The molecular weight excluding hydrogens is 366 g/mol. The quantitative estimate of drug-likeness (QED) is 0.754. The zero-order valence-corrected chi connectivity index (χ0v) is 17.0. The maximum Gasteiger partial charge on any atom is 0.227 e. The van der Waals surface area contributed by atoms with Crippen molar-refractivity contribution < 1.29 is 17.9 Å². The van der Waals surface area contributed by atoms with Crippen molar-refractivity contribution in [3.63, 3.8) is 0 Å². The molecule has 1 aromatic rings. The van der Waals surface area contributed by atoms with Gasteiger partial charge in [0.15, 0.2) is 0 Å². The molecular formula is C19H29N3O4S. The SMILES string of the molecule is CCS(=O)(=O)N1CCC[C@@H](C(=O)N2CCN(c3ccc(OC)cc3)CC2)C1. The molecule has 150 valence electrons. The topological polar surface area (TPSA) is 70.2 Å². The van der Waals surface area contributed by atoms with Crippen LogP contribution in [-0.2, 0) is 14.8 Å². The fourth-order valence-corrected chi connectivity index (χ4v) is 4.99. The number of methoxy groups -OCH3 is 1. The predicted molar refractivity (Wildman–Crippen MR) is 106 cm³/mol. The van der Waals surface area contributed by atoms with Crippen LogP contribution in [0.2, 0.25) is 0 Å². The third kappa shape index (κ3) is 4.55. The van der Waals surface area contributed by atoms with Crippen LogP contribution in [0.15, 0.2) is 24.3 Å². The van der Waals surface area contributed by atoms with E-state index < -0.39 is 10.0 Å². The molecule has 1 atom stereocenters. The second-order valence-corrected chi connectivity index (χ2v) is 9.37. The van der Waals surface area contributed by atoms with Crippen LogP contribution in [0.4, 0.5) is 5.69 Å². The Bertz CT molecular complexity index is 743. The van der Waals surface area contributed by atoms with Crippen LogP contribution < -0.4 is 9.64 Å². The first-order valence-corrected chi connectivity index (χ1v) is 11.2. The van der Waals surface area contributed by atoms with E-state index in [4.69, 9.17) is 4.74 Å². The highest BCUT2D eigenvalue weighted by molar-refractivity contribution is 7.89. The van der Waals surface area contributed by atoms with Gasteiger partial charge in [-0.25, -0.2) is 12.7 Å². The van der Waals surface area contributed by atoms with E-state index in [0.717, 1.165) is 37.4 Å². The van der Waals surface area contributed by atoms with Gasteiger partial charge in [-0.3, -0.25) is 4.79 Å². The molecule has 1 amide bonds. The fraction of sp³-hybridized carbons (Fsp3) is 0.632. The summed E-state index contributed by atoms with van der Waals surface area (Å²) < 4.78 is 30.9. The summed E-state index contributed by atoms with van der Waals surface area (Å²) in [7, 11) is -1.57. The summed E-state index contributed by atoms with van der Waals surface area (Å²) in [6, 6.07) is 7.95. The van der Waals surface area contributed by atoms with Crippen LogP contribution in [0.5, 0.6) is 5.75 Å². The summed E-state index contributed by atoms with van der Waals surface area (Å²) in [5, 5.41) is 0. The first-order valence-electron chi connectivity index (χ1n) is 9.60. The molecule has 0 bridgehead atoms. The standard InChI is InChI=1S/C19H29N3O4S/c1-3-27(24,25)22-10-4-5-16(15-22)19(23)21-13-11-20(12-14-21)17-6-8-18(26-2)9-7-17/h6-9,16H,3-5,10-15H2,1-2H3/t16-/m1/s1. The summed E-state index contributed by atoms with van der Waals surface area (Å²) in [5.74, 6) is 0.804. The van der Waals surface area contributed by atoms with E-state index in [1.165, 1.54) is 4.31 Å². The van der Waals surface area contributed by atoms with Crippen molar-refractivity contribution in [3.8, 4) is 5.75 Å². The average Bonchev–Trinajstić information content (AvgIpc) is 2.73. The van der Waals surface area contributed by atoms with Crippen molar-refractivity contribution in [2.24, 2.45) is 5.92 Å². The van der Waals surface area contributed by atoms with Gasteiger partial charge in [0.2, 0.25) is 15.9 Å². The molecule has 2 aliphatic rings. The summed E-state index contributed by atoms with van der Waals surface area (Å²) in [5.41, 5.74) is 1.13. The number of anilines is 1. The number of piperazine rings is 1. The molecule has 2 heterocycles. The lowest BCUT2D eigenvalue weighted by molar-refractivity contribution is -0.137. The molecule has 1 aromatic carbocycles. The molecule has 0 radical (unpaired) electrons. The highest BCUT2D eigenvalue weighted by Gasteiger charge is 2.34. The zero-order valence-electron chi connectivity index (χ0n) is 16.1. The van der Waals surface area contributed by atoms with Crippen molar-refractivity contribution in [2.75, 3.05) is 57.0 Å². The normalized spacial score (nSPS) is 21.9. The Balaban J connectivity index is 1.56. The summed E-state index contributed by atoms with van der Waals surface area (Å²) >= 11 is 0. The van der Waals surface area contributed by atoms with Gasteiger partial charge in [0, 0.05) is 45.0 Å². The molecule has 0 aromatic heterocycles. The summed E-state index contributed by atoms with van der Waals surface area (Å²) in [6.07, 6.45) is 1.52. The monoisotopic (exact) mass is 395 g/mol. The number of piperidine rings is 1. The molecule has 2 aliphatic heterocycles. The number of carbonyl (C=O) groups excluding carboxylic acids is 1. The molecule has 7 nitrogen and oxygen atoms in total. The largest absolute Gasteiger partial charge is 0.497 e. The zero-order chi connectivity index (χ0) is 19.4. The minimum Gasteiger partial charge on any atom is -0.497 e. The highest BCUT2D eigenvalue weighted by Crippen LogP contribution is 2.24. The lowest BCUT2D eigenvalue weighted by Gasteiger charge is -2.39. The molecule has 0 spiro atoms. The van der Waals surface area contributed by atoms with E-state index >= 15 is 0 Å². The third-order valence-corrected chi connectivity index (χ3v) is 7.37. The Morgan fingerprint density at radius 1 is 1.11 bits per heavy atom. The van der Waals surface area contributed by atoms with Gasteiger partial charge in [-0.1, -0.05) is 0 Å². The van der Waals surface area contributed by atoms with Gasteiger partial charge < -0.3 is 14.5 Å². The molecule has 27 heavy (non-hydrogen) atoms. The Kier molecular flexibility index (Phi) is 6.26. The number of benzene rings is 1. The Morgan fingerprint density at radius 2 is 1.78 bits per heavy atom. The van der Waals surface area contributed by atoms with Crippen molar-refractivity contribution in [3.05, 3.63) is 24.3 Å². The number of amides is 1. The first-order chi connectivity index (χ1) is 12.9. The van der Waals surface area contributed by atoms with Crippen LogP contribution in [0.3, 0.4) is 0 Å². The minimum atomic E-state index is -3.22. The highest BCUT2D eigenvalue weighted by atomic mass is 32.2. The molecule has 0 aliphatic carbocycles. The van der Waals surface area contributed by atoms with E-state index in [0.29, 0.717) is 26.2 Å². The number of rotatable bonds is 5. The number of nitrogens with zero attached hydrogens (tertiary/aromatic N) is 3. The van der Waals surface area contributed by atoms with Gasteiger partial charge in [0.05, 0.1) is 18.8 Å². The smallest absolute Gasteiger partial charge is 0.227 e. The molecule has 8 heteroatoms. The number of carbonyl (C=O) groups is 1. The minimum absolute atomic E-state index is 0.0917. The van der Waals surface area contributed by atoms with E-state index in [1.807, 2.05) is 29.2 Å². The predicted octanol–water partition coefficient (Wildman–Crippen LogP) is 1.41. The van der Waals surface area contributed by atoms with Gasteiger partial charge in [0.1, 0.15) is 5.75 Å². The molecule has 0 N–H and O–H groups in total. The molecule has 2 saturated heterocycles. The van der Waals surface area contributed by atoms with Gasteiger partial charge in [-0.15, -0.1) is 0 Å². The van der Waals surface area contributed by atoms with Gasteiger partial charge in [-0.05, 0) is 44.0 Å². The van der Waals surface area contributed by atoms with Gasteiger partial charge in [-0.2, -0.15) is 0 Å². The van der Waals surface area contributed by atoms with E-state index in [2.05, 4.69) is 4.90 Å². The van der Waals surface area contributed by atoms with Crippen molar-refractivity contribution in [1.29, 1.82) is 0 Å². The second kappa shape index (κ2) is 8.48. The Morgan fingerprint density at radius 3 is 2.37 bits per heavy atom. The maximum absolute atomic E-state index is 12.9. The second-order valence-electron chi connectivity index (χ2n) is 7.11. The first kappa shape index (κ1) is 19.9. The lowest BCUT2D eigenvalue weighted by atomic mass is 9.97. The Labute approximate surface area is 161 Å². The molecule has 3 rings (SSSR count).